The molecule has 10 nitrogen and oxygen atoms in total. The molecule has 0 N–H and O–H groups in total. The number of para-hydroxylation sites is 5. The first-order valence-corrected chi connectivity index (χ1v) is 39.6. The van der Waals surface area contributed by atoms with Crippen LogP contribution in [0.3, 0.4) is 0 Å². The molecule has 17 aromatic carbocycles. The van der Waals surface area contributed by atoms with Crippen molar-refractivity contribution in [3.8, 4) is 135 Å². The summed E-state index contributed by atoms with van der Waals surface area (Å²) in [4.78, 5) is 30.4. The second-order valence-corrected chi connectivity index (χ2v) is 29.6. The number of fused-ring (bicyclic) bond motifs is 12. The van der Waals surface area contributed by atoms with Gasteiger partial charge in [0.15, 0.2) is 34.9 Å². The van der Waals surface area contributed by atoms with Crippen molar-refractivity contribution in [1.29, 1.82) is 0 Å². The molecule has 10 heteroatoms. The van der Waals surface area contributed by atoms with Gasteiger partial charge in [-0.25, -0.2) is 29.9 Å². The monoisotopic (exact) mass is 1510 g/mol. The van der Waals surface area contributed by atoms with Gasteiger partial charge in [-0.05, 0) is 129 Å². The number of nitrogens with zero attached hydrogens (tertiary/aromatic N) is 8. The van der Waals surface area contributed by atoms with E-state index in [1.807, 2.05) is 121 Å². The van der Waals surface area contributed by atoms with Gasteiger partial charge in [0.05, 0.1) is 27.8 Å². The number of benzene rings is 17. The van der Waals surface area contributed by atoms with E-state index in [0.29, 0.717) is 34.9 Å². The summed E-state index contributed by atoms with van der Waals surface area (Å²) >= 11 is 0. The van der Waals surface area contributed by atoms with Gasteiger partial charge in [-0.1, -0.05) is 334 Å². The number of furan rings is 2. The highest BCUT2D eigenvalue weighted by molar-refractivity contribution is 6.17. The standard InChI is InChI=1S/C57H36N4O.C51H32N4O/c1-3-16-37(17-4-1)39-20-13-22-42(34-39)56-58-55(38-18-5-2-6-19-38)59-57(60-56)48-26-8-7-24-44(48)40-21-14-23-43(35-40)61-50-29-11-9-25-46(50)47-33-32-41(36-51(47)61)45-28-15-31-53-54(45)49-27-10-12-30-52(49)62-53;1-3-15-33(16-4-1)49-52-50(34-17-5-2-6-18-34)54-51(53-49)37-20-13-19-35(31-37)38-21-7-10-25-43(38)55-44-26-11-8-22-40(44)41-30-29-36(32-45(41)55)39-24-14-28-47-48(39)42-23-9-12-27-46(42)56-47/h1-36H;1-32H. The lowest BCUT2D eigenvalue weighted by atomic mass is 9.98. The zero-order chi connectivity index (χ0) is 78.0. The second-order valence-electron chi connectivity index (χ2n) is 29.6. The molecule has 0 spiro atoms. The van der Waals surface area contributed by atoms with Gasteiger partial charge in [0.1, 0.15) is 22.3 Å². The van der Waals surface area contributed by atoms with E-state index in [1.54, 1.807) is 0 Å². The Kier molecular flexibility index (Phi) is 17.0. The molecule has 118 heavy (non-hydrogen) atoms. The third-order valence-corrected chi connectivity index (χ3v) is 22.5. The van der Waals surface area contributed by atoms with Crippen molar-refractivity contribution in [2.24, 2.45) is 0 Å². The molecule has 0 aliphatic carbocycles. The highest BCUT2D eigenvalue weighted by Gasteiger charge is 2.24. The summed E-state index contributed by atoms with van der Waals surface area (Å²) in [7, 11) is 0. The Balaban J connectivity index is 0.000000143. The van der Waals surface area contributed by atoms with Gasteiger partial charge in [0, 0.05) is 87.7 Å². The van der Waals surface area contributed by atoms with Crippen molar-refractivity contribution in [2.75, 3.05) is 0 Å². The zero-order valence-electron chi connectivity index (χ0n) is 63.7. The SMILES string of the molecule is c1ccc(-c2cccc(-c3nc(-c4ccccc4)nc(-c4ccccc4-c4cccc(-n5c6ccccc6c6ccc(-c7cccc8oc9ccccc9c78)cc65)c4)n3)c2)cc1.c1ccc(-c2nc(-c3ccccc3)nc(-c3cccc(-c4ccccc4-n4c5ccccc5c5ccc(-c6cccc7oc8ccccc8c67)cc54)c3)n2)cc1. The van der Waals surface area contributed by atoms with Crippen molar-refractivity contribution >= 4 is 87.5 Å². The maximum absolute atomic E-state index is 6.30. The fourth-order valence-corrected chi connectivity index (χ4v) is 17.1. The lowest BCUT2D eigenvalue weighted by Gasteiger charge is -2.15. The predicted octanol–water partition coefficient (Wildman–Crippen LogP) is 28.1. The minimum atomic E-state index is 0.613. The molecule has 0 saturated heterocycles. The molecule has 6 heterocycles. The summed E-state index contributed by atoms with van der Waals surface area (Å²) in [6.45, 7) is 0. The largest absolute Gasteiger partial charge is 0.456 e. The minimum Gasteiger partial charge on any atom is -0.456 e. The molecule has 0 fully saturated rings. The second kappa shape index (κ2) is 29.2. The minimum absolute atomic E-state index is 0.613. The summed E-state index contributed by atoms with van der Waals surface area (Å²) in [5.74, 6) is 3.76. The summed E-state index contributed by atoms with van der Waals surface area (Å²) in [6, 6.07) is 144. The summed E-state index contributed by atoms with van der Waals surface area (Å²) in [5.41, 5.74) is 26.9. The van der Waals surface area contributed by atoms with Crippen LogP contribution in [0.4, 0.5) is 0 Å². The Hall–Kier alpha value is -16.0. The molecule has 23 rings (SSSR count). The van der Waals surface area contributed by atoms with Crippen LogP contribution in [-0.2, 0) is 0 Å². The molecular weight excluding hydrogens is 1440 g/mol. The summed E-state index contributed by atoms with van der Waals surface area (Å²) in [5, 5.41) is 9.30. The lowest BCUT2D eigenvalue weighted by Crippen LogP contribution is -2.01. The van der Waals surface area contributed by atoms with Crippen LogP contribution >= 0.6 is 0 Å². The number of rotatable bonds is 13. The van der Waals surface area contributed by atoms with Gasteiger partial charge in [0.2, 0.25) is 0 Å². The van der Waals surface area contributed by atoms with Crippen molar-refractivity contribution in [1.82, 2.24) is 39.0 Å². The fraction of sp³-hybridized carbons (Fsp3) is 0. The van der Waals surface area contributed by atoms with E-state index in [2.05, 4.69) is 300 Å². The predicted molar refractivity (Wildman–Crippen MR) is 483 cm³/mol. The zero-order valence-corrected chi connectivity index (χ0v) is 63.7. The Morgan fingerprint density at radius 3 is 1.03 bits per heavy atom. The molecule has 0 amide bonds. The molecule has 552 valence electrons. The molecule has 6 aromatic heterocycles. The van der Waals surface area contributed by atoms with E-state index in [1.165, 1.54) is 21.5 Å². The van der Waals surface area contributed by atoms with Crippen molar-refractivity contribution in [3.05, 3.63) is 413 Å². The van der Waals surface area contributed by atoms with E-state index in [9.17, 15) is 0 Å². The molecule has 23 aromatic rings. The van der Waals surface area contributed by atoms with Crippen molar-refractivity contribution < 1.29 is 8.83 Å². The van der Waals surface area contributed by atoms with Crippen molar-refractivity contribution in [3.63, 3.8) is 0 Å². The van der Waals surface area contributed by atoms with Gasteiger partial charge >= 0.3 is 0 Å². The summed E-state index contributed by atoms with van der Waals surface area (Å²) < 4.78 is 17.4. The molecule has 0 aliphatic heterocycles. The molecule has 0 aliphatic rings. The maximum Gasteiger partial charge on any atom is 0.164 e. The van der Waals surface area contributed by atoms with Crippen LogP contribution in [0.2, 0.25) is 0 Å². The van der Waals surface area contributed by atoms with Crippen LogP contribution in [0.5, 0.6) is 0 Å². The Bertz CT molecular complexity index is 7760. The average Bonchev–Trinajstić information content (AvgIpc) is 1.58. The molecule has 0 unspecified atom stereocenters. The van der Waals surface area contributed by atoms with Crippen LogP contribution in [-0.4, -0.2) is 39.0 Å². The summed E-state index contributed by atoms with van der Waals surface area (Å²) in [6.07, 6.45) is 0. The Morgan fingerprint density at radius 2 is 0.500 bits per heavy atom. The number of hydrogen-bond acceptors (Lipinski definition) is 8. The van der Waals surface area contributed by atoms with Gasteiger partial charge in [-0.3, -0.25) is 0 Å². The van der Waals surface area contributed by atoms with Crippen LogP contribution in [0, 0.1) is 0 Å². The van der Waals surface area contributed by atoms with Gasteiger partial charge < -0.3 is 18.0 Å². The van der Waals surface area contributed by atoms with Gasteiger partial charge in [-0.15, -0.1) is 0 Å². The highest BCUT2D eigenvalue weighted by Crippen LogP contribution is 2.45. The number of aromatic nitrogens is 8. The van der Waals surface area contributed by atoms with E-state index in [-0.39, 0.29) is 0 Å². The third kappa shape index (κ3) is 12.3. The molecule has 0 atom stereocenters. The average molecular weight is 1510 g/mol. The molecule has 0 bridgehead atoms. The van der Waals surface area contributed by atoms with E-state index in [4.69, 9.17) is 38.7 Å². The first kappa shape index (κ1) is 68.7. The van der Waals surface area contributed by atoms with Gasteiger partial charge in [0.25, 0.3) is 0 Å². The quantitative estimate of drug-likeness (QED) is 0.112. The smallest absolute Gasteiger partial charge is 0.164 e. The van der Waals surface area contributed by atoms with E-state index in [0.717, 1.165) is 166 Å². The molecule has 0 saturated carbocycles. The number of hydrogen-bond donors (Lipinski definition) is 0. The first-order chi connectivity index (χ1) is 58.5. The molecule has 0 radical (unpaired) electrons. The lowest BCUT2D eigenvalue weighted by molar-refractivity contribution is 0.668. The van der Waals surface area contributed by atoms with Crippen LogP contribution in [0.15, 0.2) is 421 Å². The third-order valence-electron chi connectivity index (χ3n) is 22.5. The van der Waals surface area contributed by atoms with Crippen molar-refractivity contribution in [2.45, 2.75) is 0 Å². The maximum atomic E-state index is 6.30. The van der Waals surface area contributed by atoms with Crippen LogP contribution < -0.4 is 0 Å². The first-order valence-electron chi connectivity index (χ1n) is 39.6. The van der Waals surface area contributed by atoms with Gasteiger partial charge in [-0.2, -0.15) is 0 Å². The van der Waals surface area contributed by atoms with Crippen LogP contribution in [0.1, 0.15) is 0 Å². The topological polar surface area (TPSA) is 113 Å². The molecular formula is C108H68N8O2. The normalized spacial score (nSPS) is 11.6. The Morgan fingerprint density at radius 1 is 0.169 bits per heavy atom. The fourth-order valence-electron chi connectivity index (χ4n) is 17.1. The highest BCUT2D eigenvalue weighted by atomic mass is 16.3. The van der Waals surface area contributed by atoms with E-state index < -0.39 is 0 Å². The van der Waals surface area contributed by atoms with E-state index >= 15 is 0 Å². The Labute approximate surface area is 678 Å². The van der Waals surface area contributed by atoms with Crippen LogP contribution in [0.25, 0.3) is 223 Å².